The number of methoxy groups -OCH3 is 2. The van der Waals surface area contributed by atoms with Gasteiger partial charge in [0.25, 0.3) is 0 Å². The standard InChI is InChI=1S/C22H24O7/c1-24-16-10-8-15(9-11-16)21-27-13-17-19(29-21)18(23)20(22(25-2)28-17)26-12-14-6-4-3-5-7-14/h3-11,17,19-22H,12-13H2,1-2H3/t17-,19-,20+,21+,22-/m1/s1. The summed E-state index contributed by atoms with van der Waals surface area (Å²) in [6.45, 7) is 0.495. The molecule has 0 saturated carbocycles. The van der Waals surface area contributed by atoms with Gasteiger partial charge in [-0.25, -0.2) is 0 Å². The highest BCUT2D eigenvalue weighted by atomic mass is 16.8. The molecule has 29 heavy (non-hydrogen) atoms. The second-order valence-corrected chi connectivity index (χ2v) is 6.89. The Morgan fingerprint density at radius 1 is 1.00 bits per heavy atom. The van der Waals surface area contributed by atoms with Crippen LogP contribution in [0.1, 0.15) is 17.4 Å². The molecule has 7 nitrogen and oxygen atoms in total. The second kappa shape index (κ2) is 9.02. The molecule has 2 aromatic carbocycles. The molecule has 5 atom stereocenters. The van der Waals surface area contributed by atoms with Crippen molar-refractivity contribution in [3.8, 4) is 5.75 Å². The average Bonchev–Trinajstić information content (AvgIpc) is 2.79. The Morgan fingerprint density at radius 3 is 2.45 bits per heavy atom. The molecule has 2 fully saturated rings. The SMILES string of the molecule is COc1ccc([C@H]2OC[C@H]3O[C@@H](OC)[C@@H](OCc4ccccc4)C(=O)[C@@H]3O2)cc1. The Morgan fingerprint density at radius 2 is 1.76 bits per heavy atom. The van der Waals surface area contributed by atoms with Crippen molar-refractivity contribution in [2.24, 2.45) is 0 Å². The fourth-order valence-corrected chi connectivity index (χ4v) is 3.47. The summed E-state index contributed by atoms with van der Waals surface area (Å²) in [6.07, 6.45) is -3.68. The molecule has 0 radical (unpaired) electrons. The van der Waals surface area contributed by atoms with Crippen molar-refractivity contribution in [2.75, 3.05) is 20.8 Å². The van der Waals surface area contributed by atoms with E-state index >= 15 is 0 Å². The van der Waals surface area contributed by atoms with Crippen LogP contribution in [0.25, 0.3) is 0 Å². The van der Waals surface area contributed by atoms with E-state index in [9.17, 15) is 4.79 Å². The van der Waals surface area contributed by atoms with Crippen LogP contribution in [0.4, 0.5) is 0 Å². The predicted octanol–water partition coefficient (Wildman–Crippen LogP) is 2.64. The molecule has 2 saturated heterocycles. The molecule has 0 bridgehead atoms. The lowest BCUT2D eigenvalue weighted by Gasteiger charge is -2.43. The molecule has 2 aromatic rings. The first-order valence-electron chi connectivity index (χ1n) is 9.48. The Hall–Kier alpha value is -2.29. The highest BCUT2D eigenvalue weighted by Gasteiger charge is 2.50. The molecular weight excluding hydrogens is 376 g/mol. The van der Waals surface area contributed by atoms with Gasteiger partial charge in [-0.2, -0.15) is 0 Å². The maximum absolute atomic E-state index is 13.1. The summed E-state index contributed by atoms with van der Waals surface area (Å²) in [5.74, 6) is 0.530. The molecule has 7 heteroatoms. The maximum atomic E-state index is 13.1. The molecule has 2 heterocycles. The van der Waals surface area contributed by atoms with Gasteiger partial charge in [0.2, 0.25) is 0 Å². The third kappa shape index (κ3) is 4.34. The van der Waals surface area contributed by atoms with E-state index in [1.165, 1.54) is 7.11 Å². The molecule has 154 valence electrons. The summed E-state index contributed by atoms with van der Waals surface area (Å²) in [5, 5.41) is 0. The molecule has 0 unspecified atom stereocenters. The van der Waals surface area contributed by atoms with Crippen LogP contribution < -0.4 is 4.74 Å². The zero-order chi connectivity index (χ0) is 20.2. The van der Waals surface area contributed by atoms with Crippen LogP contribution >= 0.6 is 0 Å². The molecule has 2 aliphatic rings. The zero-order valence-electron chi connectivity index (χ0n) is 16.4. The van der Waals surface area contributed by atoms with E-state index in [1.807, 2.05) is 54.6 Å². The van der Waals surface area contributed by atoms with Gasteiger partial charge in [-0.05, 0) is 17.7 Å². The number of carbonyl (C=O) groups excluding carboxylic acids is 1. The van der Waals surface area contributed by atoms with Gasteiger partial charge in [-0.1, -0.05) is 42.5 Å². The van der Waals surface area contributed by atoms with Crippen LogP contribution in [-0.4, -0.2) is 51.2 Å². The number of benzene rings is 2. The lowest BCUT2D eigenvalue weighted by molar-refractivity contribution is -0.318. The quantitative estimate of drug-likeness (QED) is 0.738. The topological polar surface area (TPSA) is 72.5 Å². The Labute approximate surface area is 169 Å². The number of fused-ring (bicyclic) bond motifs is 1. The van der Waals surface area contributed by atoms with Gasteiger partial charge in [0.1, 0.15) is 11.9 Å². The first-order chi connectivity index (χ1) is 14.2. The minimum atomic E-state index is -0.879. The summed E-state index contributed by atoms with van der Waals surface area (Å²) in [5.41, 5.74) is 1.76. The van der Waals surface area contributed by atoms with E-state index in [0.717, 1.165) is 16.9 Å². The predicted molar refractivity (Wildman–Crippen MR) is 102 cm³/mol. The minimum absolute atomic E-state index is 0.203. The van der Waals surface area contributed by atoms with Gasteiger partial charge in [-0.15, -0.1) is 0 Å². The first kappa shape index (κ1) is 20.0. The molecule has 2 aliphatic heterocycles. The van der Waals surface area contributed by atoms with Gasteiger partial charge >= 0.3 is 0 Å². The highest BCUT2D eigenvalue weighted by Crippen LogP contribution is 2.34. The van der Waals surface area contributed by atoms with E-state index in [1.54, 1.807) is 7.11 Å². The second-order valence-electron chi connectivity index (χ2n) is 6.89. The third-order valence-electron chi connectivity index (χ3n) is 5.03. The van der Waals surface area contributed by atoms with E-state index in [-0.39, 0.29) is 19.0 Å². The van der Waals surface area contributed by atoms with Crippen LogP contribution in [-0.2, 0) is 35.1 Å². The maximum Gasteiger partial charge on any atom is 0.198 e. The molecule has 0 aliphatic carbocycles. The molecule has 0 aromatic heterocycles. The van der Waals surface area contributed by atoms with Crippen LogP contribution in [0.2, 0.25) is 0 Å². The van der Waals surface area contributed by atoms with Crippen molar-refractivity contribution in [2.45, 2.75) is 37.5 Å². The lowest BCUT2D eigenvalue weighted by atomic mass is 9.99. The van der Waals surface area contributed by atoms with E-state index in [0.29, 0.717) is 0 Å². The van der Waals surface area contributed by atoms with Gasteiger partial charge in [0.15, 0.2) is 30.6 Å². The Balaban J connectivity index is 1.46. The molecular formula is C22H24O7. The van der Waals surface area contributed by atoms with Crippen molar-refractivity contribution in [3.63, 3.8) is 0 Å². The van der Waals surface area contributed by atoms with Crippen molar-refractivity contribution < 1.29 is 33.2 Å². The molecule has 0 N–H and O–H groups in total. The normalized spacial score (nSPS) is 29.3. The number of ether oxygens (including phenoxy) is 6. The largest absolute Gasteiger partial charge is 0.497 e. The first-order valence-corrected chi connectivity index (χ1v) is 9.48. The number of hydrogen-bond acceptors (Lipinski definition) is 7. The summed E-state index contributed by atoms with van der Waals surface area (Å²) in [6, 6.07) is 17.0. The van der Waals surface area contributed by atoms with Crippen molar-refractivity contribution in [1.82, 2.24) is 0 Å². The Bertz CT molecular complexity index is 808. The zero-order valence-corrected chi connectivity index (χ0v) is 16.4. The van der Waals surface area contributed by atoms with E-state index < -0.39 is 30.9 Å². The van der Waals surface area contributed by atoms with E-state index in [2.05, 4.69) is 0 Å². The summed E-state index contributed by atoms with van der Waals surface area (Å²) in [7, 11) is 3.09. The van der Waals surface area contributed by atoms with Gasteiger partial charge in [0, 0.05) is 12.7 Å². The minimum Gasteiger partial charge on any atom is -0.497 e. The number of hydrogen-bond donors (Lipinski definition) is 0. The van der Waals surface area contributed by atoms with Crippen LogP contribution in [0, 0.1) is 0 Å². The third-order valence-corrected chi connectivity index (χ3v) is 5.03. The summed E-state index contributed by atoms with van der Waals surface area (Å²) in [4.78, 5) is 13.1. The van der Waals surface area contributed by atoms with Crippen molar-refractivity contribution in [1.29, 1.82) is 0 Å². The molecule has 0 spiro atoms. The number of Topliss-reactive ketones (excluding diaryl/α,β-unsaturated/α-hetero) is 1. The number of carbonyl (C=O) groups is 1. The van der Waals surface area contributed by atoms with Gasteiger partial charge in [-0.3, -0.25) is 4.79 Å². The highest BCUT2D eigenvalue weighted by molar-refractivity contribution is 5.89. The molecule has 4 rings (SSSR count). The fourth-order valence-electron chi connectivity index (χ4n) is 3.47. The lowest BCUT2D eigenvalue weighted by Crippen LogP contribution is -2.60. The summed E-state index contributed by atoms with van der Waals surface area (Å²) < 4.78 is 34.0. The fraction of sp³-hybridized carbons (Fsp3) is 0.409. The van der Waals surface area contributed by atoms with Crippen molar-refractivity contribution >= 4 is 5.78 Å². The van der Waals surface area contributed by atoms with Gasteiger partial charge < -0.3 is 28.4 Å². The van der Waals surface area contributed by atoms with Crippen LogP contribution in [0.5, 0.6) is 5.75 Å². The number of rotatable bonds is 6. The summed E-state index contributed by atoms with van der Waals surface area (Å²) >= 11 is 0. The van der Waals surface area contributed by atoms with Gasteiger partial charge in [0.05, 0.1) is 20.3 Å². The Kier molecular flexibility index (Phi) is 6.22. The smallest absolute Gasteiger partial charge is 0.198 e. The van der Waals surface area contributed by atoms with Crippen LogP contribution in [0.3, 0.4) is 0 Å². The van der Waals surface area contributed by atoms with E-state index in [4.69, 9.17) is 28.4 Å². The number of ketones is 1. The monoisotopic (exact) mass is 400 g/mol. The average molecular weight is 400 g/mol. The van der Waals surface area contributed by atoms with Crippen LogP contribution in [0.15, 0.2) is 54.6 Å². The van der Waals surface area contributed by atoms with Crippen molar-refractivity contribution in [3.05, 3.63) is 65.7 Å². The molecule has 0 amide bonds.